The van der Waals surface area contributed by atoms with Crippen LogP contribution in [0.4, 0.5) is 5.82 Å². The fraction of sp³-hybridized carbons (Fsp3) is 0.130. The molecular formula is C23H19Cl2N3O3. The van der Waals surface area contributed by atoms with Gasteiger partial charge in [0.15, 0.2) is 5.78 Å². The number of hydrogen-bond acceptors (Lipinski definition) is 5. The quantitative estimate of drug-likeness (QED) is 0.365. The first-order valence-corrected chi connectivity index (χ1v) is 10.0. The summed E-state index contributed by atoms with van der Waals surface area (Å²) in [6, 6.07) is 13.0. The first kappa shape index (κ1) is 22.5. The van der Waals surface area contributed by atoms with Gasteiger partial charge < -0.3 is 15.5 Å². The number of aromatic nitrogens is 1. The van der Waals surface area contributed by atoms with Crippen molar-refractivity contribution in [3.8, 4) is 5.75 Å². The minimum Gasteiger partial charge on any atom is -0.496 e. The number of carbonyl (C=O) groups excluding carboxylic acids is 2. The van der Waals surface area contributed by atoms with Gasteiger partial charge in [-0.1, -0.05) is 47.5 Å². The average Bonchev–Trinajstić information content (AvgIpc) is 2.76. The smallest absolute Gasteiger partial charge is 0.257 e. The number of nitrogens with one attached hydrogen (secondary N) is 2. The molecule has 0 saturated carbocycles. The molecule has 1 amide bonds. The summed E-state index contributed by atoms with van der Waals surface area (Å²) in [6.45, 7) is 1.68. The summed E-state index contributed by atoms with van der Waals surface area (Å²) in [4.78, 5) is 29.9. The highest BCUT2D eigenvalue weighted by molar-refractivity contribution is 6.31. The molecule has 0 bridgehead atoms. The summed E-state index contributed by atoms with van der Waals surface area (Å²) in [5.74, 6) is -0.0353. The van der Waals surface area contributed by atoms with E-state index in [9.17, 15) is 9.59 Å². The van der Waals surface area contributed by atoms with E-state index in [1.165, 1.54) is 19.4 Å². The molecule has 0 aliphatic heterocycles. The third-order valence-corrected chi connectivity index (χ3v) is 5.03. The van der Waals surface area contributed by atoms with Gasteiger partial charge in [-0.2, -0.15) is 0 Å². The molecule has 2 aromatic carbocycles. The lowest BCUT2D eigenvalue weighted by molar-refractivity contribution is 0.0991. The molecule has 31 heavy (non-hydrogen) atoms. The molecule has 1 aromatic heterocycles. The van der Waals surface area contributed by atoms with Crippen LogP contribution in [-0.2, 0) is 6.42 Å². The van der Waals surface area contributed by atoms with Crippen LogP contribution in [-0.4, -0.2) is 29.5 Å². The third-order valence-electron chi connectivity index (χ3n) is 4.58. The van der Waals surface area contributed by atoms with E-state index in [0.29, 0.717) is 38.5 Å². The second kappa shape index (κ2) is 9.73. The fourth-order valence-electron chi connectivity index (χ4n) is 2.98. The number of rotatable bonds is 7. The van der Waals surface area contributed by atoms with E-state index >= 15 is 0 Å². The number of ketones is 1. The second-order valence-corrected chi connectivity index (χ2v) is 7.63. The van der Waals surface area contributed by atoms with Crippen LogP contribution < -0.4 is 10.1 Å². The Kier molecular flexibility index (Phi) is 7.05. The van der Waals surface area contributed by atoms with Crippen LogP contribution in [0.1, 0.15) is 38.8 Å². The highest BCUT2D eigenvalue weighted by Gasteiger charge is 2.21. The molecule has 0 aliphatic rings. The Hall–Kier alpha value is -3.22. The summed E-state index contributed by atoms with van der Waals surface area (Å²) in [5.41, 5.74) is 2.23. The number of Topliss-reactive ketones (excluding diaryl/α,β-unsaturated/α-hetero) is 1. The number of hydrogen-bond donors (Lipinski definition) is 2. The van der Waals surface area contributed by atoms with Gasteiger partial charge in [0.1, 0.15) is 11.6 Å². The molecule has 2 N–H and O–H groups in total. The topological polar surface area (TPSA) is 92.1 Å². The summed E-state index contributed by atoms with van der Waals surface area (Å²) < 4.78 is 5.39. The molecular weight excluding hydrogens is 437 g/mol. The summed E-state index contributed by atoms with van der Waals surface area (Å²) >= 11 is 12.0. The Bertz CT molecular complexity index is 1140. The molecule has 0 unspecified atom stereocenters. The van der Waals surface area contributed by atoms with Gasteiger partial charge in [-0.15, -0.1) is 0 Å². The first-order chi connectivity index (χ1) is 14.8. The largest absolute Gasteiger partial charge is 0.496 e. The lowest BCUT2D eigenvalue weighted by Crippen LogP contribution is -2.17. The number of nitrogens with zero attached hydrogens (tertiary/aromatic N) is 1. The van der Waals surface area contributed by atoms with Gasteiger partial charge in [0, 0.05) is 40.0 Å². The maximum atomic E-state index is 12.9. The minimum absolute atomic E-state index is 0.0694. The van der Waals surface area contributed by atoms with Crippen molar-refractivity contribution in [1.29, 1.82) is 5.41 Å². The van der Waals surface area contributed by atoms with Crippen molar-refractivity contribution in [2.24, 2.45) is 0 Å². The van der Waals surface area contributed by atoms with E-state index in [2.05, 4.69) is 10.3 Å². The molecule has 0 saturated heterocycles. The van der Waals surface area contributed by atoms with Crippen molar-refractivity contribution in [2.75, 3.05) is 12.4 Å². The predicted octanol–water partition coefficient (Wildman–Crippen LogP) is 5.46. The molecule has 3 rings (SSSR count). The van der Waals surface area contributed by atoms with Gasteiger partial charge in [-0.25, -0.2) is 4.98 Å². The van der Waals surface area contributed by atoms with Gasteiger partial charge in [0.05, 0.1) is 12.1 Å². The average molecular weight is 456 g/mol. The summed E-state index contributed by atoms with van der Waals surface area (Å²) in [6.07, 6.45) is 1.35. The van der Waals surface area contributed by atoms with Crippen molar-refractivity contribution < 1.29 is 14.3 Å². The van der Waals surface area contributed by atoms with Gasteiger partial charge in [0.25, 0.3) is 5.91 Å². The normalized spacial score (nSPS) is 10.5. The predicted molar refractivity (Wildman–Crippen MR) is 122 cm³/mol. The van der Waals surface area contributed by atoms with E-state index < -0.39 is 5.91 Å². The molecule has 3 aromatic rings. The molecule has 0 radical (unpaired) electrons. The monoisotopic (exact) mass is 455 g/mol. The maximum Gasteiger partial charge on any atom is 0.257 e. The highest BCUT2D eigenvalue weighted by atomic mass is 35.5. The first-order valence-electron chi connectivity index (χ1n) is 9.26. The number of halogens is 2. The summed E-state index contributed by atoms with van der Waals surface area (Å²) in [7, 11) is 1.45. The number of methoxy groups -OCH3 is 1. The number of benzene rings is 2. The van der Waals surface area contributed by atoms with E-state index in [0.717, 1.165) is 5.56 Å². The van der Waals surface area contributed by atoms with Crippen molar-refractivity contribution in [3.05, 3.63) is 87.0 Å². The van der Waals surface area contributed by atoms with Crippen LogP contribution in [0.2, 0.25) is 10.0 Å². The number of anilines is 1. The van der Waals surface area contributed by atoms with E-state index in [1.807, 2.05) is 0 Å². The molecule has 0 spiro atoms. The van der Waals surface area contributed by atoms with Gasteiger partial charge in [-0.05, 0) is 36.8 Å². The Morgan fingerprint density at radius 1 is 1.03 bits per heavy atom. The van der Waals surface area contributed by atoms with E-state index in [-0.39, 0.29) is 17.8 Å². The molecule has 0 atom stereocenters. The molecule has 0 fully saturated rings. The molecule has 158 valence electrons. The Morgan fingerprint density at radius 2 is 1.71 bits per heavy atom. The number of ether oxygens (including phenoxy) is 1. The van der Waals surface area contributed by atoms with Gasteiger partial charge >= 0.3 is 0 Å². The van der Waals surface area contributed by atoms with Crippen molar-refractivity contribution >= 4 is 46.4 Å². The molecule has 0 aliphatic carbocycles. The van der Waals surface area contributed by atoms with E-state index in [1.54, 1.807) is 49.4 Å². The number of carbonyl (C=O) groups is 2. The minimum atomic E-state index is -0.479. The number of amides is 1. The standard InChI is InChI=1S/C23H19Cl2N3O3/c1-13(26)14-3-5-15(6-4-14)20(29)11-18-19(9-17(25)10-21(18)31-2)23(30)28-22-8-7-16(24)12-27-22/h3-10,12,26H,11H2,1-2H3,(H,27,28,30). The molecule has 8 heteroatoms. The van der Waals surface area contributed by atoms with Crippen LogP contribution in [0.25, 0.3) is 0 Å². The van der Waals surface area contributed by atoms with E-state index in [4.69, 9.17) is 33.3 Å². The Balaban J connectivity index is 1.92. The van der Waals surface area contributed by atoms with Gasteiger partial charge in [-0.3, -0.25) is 9.59 Å². The fourth-order valence-corrected chi connectivity index (χ4v) is 3.30. The molecule has 1 heterocycles. The zero-order valence-corrected chi connectivity index (χ0v) is 18.3. The summed E-state index contributed by atoms with van der Waals surface area (Å²) in [5, 5.41) is 11.1. The van der Waals surface area contributed by atoms with Crippen LogP contribution in [0.3, 0.4) is 0 Å². The van der Waals surface area contributed by atoms with Crippen molar-refractivity contribution in [2.45, 2.75) is 13.3 Å². The lowest BCUT2D eigenvalue weighted by atomic mass is 9.96. The Morgan fingerprint density at radius 3 is 2.29 bits per heavy atom. The van der Waals surface area contributed by atoms with Crippen LogP contribution in [0.15, 0.2) is 54.7 Å². The van der Waals surface area contributed by atoms with Crippen LogP contribution in [0.5, 0.6) is 5.75 Å². The Labute approximate surface area is 189 Å². The zero-order valence-electron chi connectivity index (χ0n) is 16.8. The number of pyridine rings is 1. The van der Waals surface area contributed by atoms with Crippen LogP contribution in [0, 0.1) is 5.41 Å². The maximum absolute atomic E-state index is 12.9. The highest BCUT2D eigenvalue weighted by Crippen LogP contribution is 2.29. The third kappa shape index (κ3) is 5.48. The lowest BCUT2D eigenvalue weighted by Gasteiger charge is -2.15. The second-order valence-electron chi connectivity index (χ2n) is 6.75. The van der Waals surface area contributed by atoms with Crippen molar-refractivity contribution in [3.63, 3.8) is 0 Å². The SMILES string of the molecule is COc1cc(Cl)cc(C(=O)Nc2ccc(Cl)cn2)c1CC(=O)c1ccc(C(C)=N)cc1. The van der Waals surface area contributed by atoms with Gasteiger partial charge in [0.2, 0.25) is 0 Å². The van der Waals surface area contributed by atoms with Crippen LogP contribution >= 0.6 is 23.2 Å². The molecule has 6 nitrogen and oxygen atoms in total. The zero-order chi connectivity index (χ0) is 22.5. The van der Waals surface area contributed by atoms with Crippen molar-refractivity contribution in [1.82, 2.24) is 4.98 Å².